The molecule has 1 fully saturated rings. The third-order valence-electron chi connectivity index (χ3n) is 2.96. The highest BCUT2D eigenvalue weighted by molar-refractivity contribution is 7.99. The van der Waals surface area contributed by atoms with Crippen LogP contribution >= 0.6 is 11.8 Å². The number of ether oxygens (including phenoxy) is 1. The summed E-state index contributed by atoms with van der Waals surface area (Å²) in [6.07, 6.45) is 2.92. The van der Waals surface area contributed by atoms with E-state index in [1.807, 2.05) is 23.9 Å². The number of thioether (sulfide) groups is 1. The first-order valence-corrected chi connectivity index (χ1v) is 6.89. The average molecular weight is 237 g/mol. The van der Waals surface area contributed by atoms with Crippen molar-refractivity contribution in [3.05, 3.63) is 29.8 Å². The lowest BCUT2D eigenvalue weighted by Crippen LogP contribution is -2.09. The van der Waals surface area contributed by atoms with Gasteiger partial charge in [0.15, 0.2) is 0 Å². The molecule has 1 saturated heterocycles. The fourth-order valence-electron chi connectivity index (χ4n) is 1.89. The van der Waals surface area contributed by atoms with E-state index in [1.165, 1.54) is 18.4 Å². The summed E-state index contributed by atoms with van der Waals surface area (Å²) in [7, 11) is 0. The first-order chi connectivity index (χ1) is 7.75. The molecular formula is C13H19NOS. The maximum absolute atomic E-state index is 5.67. The van der Waals surface area contributed by atoms with Crippen LogP contribution < -0.4 is 5.73 Å². The van der Waals surface area contributed by atoms with E-state index in [0.29, 0.717) is 11.4 Å². The van der Waals surface area contributed by atoms with Crippen LogP contribution in [0.15, 0.2) is 24.3 Å². The molecule has 0 amide bonds. The SMILES string of the molecule is CC(SCC1CCCO1)c1ccc(N)cc1. The zero-order chi connectivity index (χ0) is 11.4. The predicted molar refractivity (Wildman–Crippen MR) is 70.7 cm³/mol. The van der Waals surface area contributed by atoms with Gasteiger partial charge in [-0.3, -0.25) is 0 Å². The molecule has 0 spiro atoms. The van der Waals surface area contributed by atoms with Crippen LogP contribution in [0.1, 0.15) is 30.6 Å². The summed E-state index contributed by atoms with van der Waals surface area (Å²) in [5, 5.41) is 0.518. The van der Waals surface area contributed by atoms with Crippen molar-refractivity contribution >= 4 is 17.4 Å². The molecule has 1 aliphatic heterocycles. The number of nitrogens with two attached hydrogens (primary N) is 1. The Morgan fingerprint density at radius 1 is 1.44 bits per heavy atom. The number of hydrogen-bond acceptors (Lipinski definition) is 3. The second kappa shape index (κ2) is 5.60. The van der Waals surface area contributed by atoms with Crippen molar-refractivity contribution in [2.75, 3.05) is 18.1 Å². The zero-order valence-electron chi connectivity index (χ0n) is 9.69. The van der Waals surface area contributed by atoms with E-state index in [-0.39, 0.29) is 0 Å². The summed E-state index contributed by atoms with van der Waals surface area (Å²) in [6.45, 7) is 3.19. The molecule has 2 N–H and O–H groups in total. The molecule has 0 aliphatic carbocycles. The van der Waals surface area contributed by atoms with E-state index in [2.05, 4.69) is 19.1 Å². The molecule has 1 aromatic carbocycles. The fourth-order valence-corrected chi connectivity index (χ4v) is 3.01. The first kappa shape index (κ1) is 11.8. The van der Waals surface area contributed by atoms with Gasteiger partial charge in [-0.15, -0.1) is 0 Å². The summed E-state index contributed by atoms with van der Waals surface area (Å²) in [4.78, 5) is 0. The van der Waals surface area contributed by atoms with Crippen molar-refractivity contribution in [1.29, 1.82) is 0 Å². The Labute approximate surface area is 102 Å². The molecule has 2 rings (SSSR count). The van der Waals surface area contributed by atoms with Gasteiger partial charge in [0.05, 0.1) is 6.10 Å². The molecule has 0 bridgehead atoms. The van der Waals surface area contributed by atoms with Crippen molar-refractivity contribution in [1.82, 2.24) is 0 Å². The Balaban J connectivity index is 1.82. The van der Waals surface area contributed by atoms with E-state index in [1.54, 1.807) is 0 Å². The van der Waals surface area contributed by atoms with Crippen LogP contribution in [0.5, 0.6) is 0 Å². The molecule has 0 radical (unpaired) electrons. The maximum Gasteiger partial charge on any atom is 0.0666 e. The highest BCUT2D eigenvalue weighted by atomic mass is 32.2. The number of anilines is 1. The number of nitrogen functional groups attached to an aromatic ring is 1. The van der Waals surface area contributed by atoms with Crippen LogP contribution in [0, 0.1) is 0 Å². The van der Waals surface area contributed by atoms with Gasteiger partial charge in [0.2, 0.25) is 0 Å². The van der Waals surface area contributed by atoms with E-state index in [0.717, 1.165) is 18.0 Å². The van der Waals surface area contributed by atoms with Crippen LogP contribution in [-0.2, 0) is 4.74 Å². The Bertz CT molecular complexity index is 319. The molecule has 1 heterocycles. The van der Waals surface area contributed by atoms with E-state index >= 15 is 0 Å². The summed E-state index contributed by atoms with van der Waals surface area (Å²) < 4.78 is 5.62. The van der Waals surface area contributed by atoms with Crippen molar-refractivity contribution in [3.63, 3.8) is 0 Å². The lowest BCUT2D eigenvalue weighted by atomic mass is 10.1. The van der Waals surface area contributed by atoms with Gasteiger partial charge < -0.3 is 10.5 Å². The molecule has 1 aromatic rings. The van der Waals surface area contributed by atoms with Gasteiger partial charge in [0.25, 0.3) is 0 Å². The average Bonchev–Trinajstić information content (AvgIpc) is 2.80. The maximum atomic E-state index is 5.67. The highest BCUT2D eigenvalue weighted by Gasteiger charge is 2.17. The van der Waals surface area contributed by atoms with E-state index in [9.17, 15) is 0 Å². The predicted octanol–water partition coefficient (Wildman–Crippen LogP) is 3.24. The summed E-state index contributed by atoms with van der Waals surface area (Å²) >= 11 is 1.97. The minimum Gasteiger partial charge on any atom is -0.399 e. The van der Waals surface area contributed by atoms with E-state index < -0.39 is 0 Å². The largest absolute Gasteiger partial charge is 0.399 e. The van der Waals surface area contributed by atoms with Crippen LogP contribution in [0.3, 0.4) is 0 Å². The second-order valence-corrected chi connectivity index (χ2v) is 5.65. The van der Waals surface area contributed by atoms with Crippen LogP contribution in [0.25, 0.3) is 0 Å². The van der Waals surface area contributed by atoms with Gasteiger partial charge in [-0.05, 0) is 37.5 Å². The fraction of sp³-hybridized carbons (Fsp3) is 0.538. The summed E-state index contributed by atoms with van der Waals surface area (Å²) in [5.74, 6) is 1.10. The lowest BCUT2D eigenvalue weighted by Gasteiger charge is -2.14. The quantitative estimate of drug-likeness (QED) is 0.816. The molecule has 1 aliphatic rings. The minimum absolute atomic E-state index is 0.473. The second-order valence-electron chi connectivity index (χ2n) is 4.28. The first-order valence-electron chi connectivity index (χ1n) is 5.84. The Morgan fingerprint density at radius 3 is 2.81 bits per heavy atom. The summed E-state index contributed by atoms with van der Waals surface area (Å²) in [5.41, 5.74) is 7.85. The van der Waals surface area contributed by atoms with Gasteiger partial charge in [-0.1, -0.05) is 12.1 Å². The molecule has 16 heavy (non-hydrogen) atoms. The molecule has 3 heteroatoms. The van der Waals surface area contributed by atoms with Crippen LogP contribution in [-0.4, -0.2) is 18.5 Å². The number of benzene rings is 1. The smallest absolute Gasteiger partial charge is 0.0666 e. The Morgan fingerprint density at radius 2 is 2.19 bits per heavy atom. The molecular weight excluding hydrogens is 218 g/mol. The highest BCUT2D eigenvalue weighted by Crippen LogP contribution is 2.31. The zero-order valence-corrected chi connectivity index (χ0v) is 10.5. The van der Waals surface area contributed by atoms with Gasteiger partial charge in [-0.25, -0.2) is 0 Å². The van der Waals surface area contributed by atoms with Crippen molar-refractivity contribution in [2.45, 2.75) is 31.1 Å². The minimum atomic E-state index is 0.473. The standard InChI is InChI=1S/C13H19NOS/c1-10(11-4-6-12(14)7-5-11)16-9-13-3-2-8-15-13/h4-7,10,13H,2-3,8-9,14H2,1H3. The third-order valence-corrected chi connectivity index (χ3v) is 4.30. The van der Waals surface area contributed by atoms with Crippen molar-refractivity contribution in [2.24, 2.45) is 0 Å². The Kier molecular flexibility index (Phi) is 4.13. The van der Waals surface area contributed by atoms with Gasteiger partial charge >= 0.3 is 0 Å². The topological polar surface area (TPSA) is 35.2 Å². The van der Waals surface area contributed by atoms with Gasteiger partial charge in [-0.2, -0.15) is 11.8 Å². The van der Waals surface area contributed by atoms with Crippen LogP contribution in [0.4, 0.5) is 5.69 Å². The van der Waals surface area contributed by atoms with Crippen LogP contribution in [0.2, 0.25) is 0 Å². The van der Waals surface area contributed by atoms with Gasteiger partial charge in [0, 0.05) is 23.3 Å². The monoisotopic (exact) mass is 237 g/mol. The molecule has 0 saturated carbocycles. The molecule has 2 nitrogen and oxygen atoms in total. The van der Waals surface area contributed by atoms with E-state index in [4.69, 9.17) is 10.5 Å². The molecule has 0 aromatic heterocycles. The lowest BCUT2D eigenvalue weighted by molar-refractivity contribution is 0.129. The normalized spacial score (nSPS) is 22.2. The molecule has 2 atom stereocenters. The summed E-state index contributed by atoms with van der Waals surface area (Å²) in [6, 6.07) is 8.17. The van der Waals surface area contributed by atoms with Crippen molar-refractivity contribution < 1.29 is 4.74 Å². The number of rotatable bonds is 4. The van der Waals surface area contributed by atoms with Gasteiger partial charge in [0.1, 0.15) is 0 Å². The molecule has 2 unspecified atom stereocenters. The Hall–Kier alpha value is -0.670. The third kappa shape index (κ3) is 3.16. The number of hydrogen-bond donors (Lipinski definition) is 1. The van der Waals surface area contributed by atoms with Crippen molar-refractivity contribution in [3.8, 4) is 0 Å². The molecule has 88 valence electrons.